The molecule has 114 valence electrons. The molecule has 1 saturated carbocycles. The third-order valence-electron chi connectivity index (χ3n) is 5.06. The van der Waals surface area contributed by atoms with Crippen molar-refractivity contribution in [2.45, 2.75) is 56.5 Å². The summed E-state index contributed by atoms with van der Waals surface area (Å²) >= 11 is 0. The first-order chi connectivity index (χ1) is 9.58. The minimum absolute atomic E-state index is 0.279. The highest BCUT2D eigenvalue weighted by Gasteiger charge is 2.40. The summed E-state index contributed by atoms with van der Waals surface area (Å²) in [5, 5.41) is 7.91. The Bertz CT molecular complexity index is 402. The first kappa shape index (κ1) is 15.5. The molecule has 1 aromatic heterocycles. The Hall–Kier alpha value is -0.870. The number of aromatic nitrogens is 2. The molecule has 1 aliphatic carbocycles. The molecule has 1 N–H and O–H groups in total. The molecule has 0 spiro atoms. The first-order valence-electron chi connectivity index (χ1n) is 7.91. The molecule has 20 heavy (non-hydrogen) atoms. The van der Waals surface area contributed by atoms with Gasteiger partial charge in [-0.05, 0) is 46.0 Å². The van der Waals surface area contributed by atoms with Gasteiger partial charge in [-0.25, -0.2) is 0 Å². The molecule has 1 atom stereocenters. The van der Waals surface area contributed by atoms with E-state index >= 15 is 0 Å². The molecular formula is C16H30N4. The van der Waals surface area contributed by atoms with Gasteiger partial charge in [0.2, 0.25) is 0 Å². The van der Waals surface area contributed by atoms with Crippen LogP contribution in [0.15, 0.2) is 12.4 Å². The molecule has 0 amide bonds. The second kappa shape index (κ2) is 6.72. The minimum Gasteiger partial charge on any atom is -0.315 e. The fourth-order valence-corrected chi connectivity index (χ4v) is 3.82. The molecule has 0 bridgehead atoms. The molecule has 2 rings (SSSR count). The van der Waals surface area contributed by atoms with Gasteiger partial charge >= 0.3 is 0 Å². The van der Waals surface area contributed by atoms with Crippen LogP contribution in [0.3, 0.4) is 0 Å². The third-order valence-corrected chi connectivity index (χ3v) is 5.06. The van der Waals surface area contributed by atoms with Crippen LogP contribution in [0.25, 0.3) is 0 Å². The predicted octanol–water partition coefficient (Wildman–Crippen LogP) is 2.21. The van der Waals surface area contributed by atoms with E-state index in [0.717, 1.165) is 6.42 Å². The topological polar surface area (TPSA) is 33.1 Å². The molecule has 0 radical (unpaired) electrons. The SMILES string of the molecule is CNC(Cc1cnn(C)c1)C1(N(C)C)CCCCCC1. The standard InChI is InChI=1S/C16H30N4/c1-17-15(11-14-12-18-20(4)13-14)16(19(2)3)9-7-5-6-8-10-16/h12-13,15,17H,5-11H2,1-4H3. The number of likely N-dealkylation sites (N-methyl/N-ethyl adjacent to an activating group) is 2. The van der Waals surface area contributed by atoms with Crippen molar-refractivity contribution in [1.82, 2.24) is 20.0 Å². The Morgan fingerprint density at radius 1 is 1.30 bits per heavy atom. The second-order valence-electron chi connectivity index (χ2n) is 6.48. The van der Waals surface area contributed by atoms with Gasteiger partial charge in [0.1, 0.15) is 0 Å². The van der Waals surface area contributed by atoms with Gasteiger partial charge in [-0.1, -0.05) is 25.7 Å². The molecule has 0 saturated heterocycles. The summed E-state index contributed by atoms with van der Waals surface area (Å²) in [6.07, 6.45) is 13.3. The van der Waals surface area contributed by atoms with E-state index in [1.165, 1.54) is 44.1 Å². The van der Waals surface area contributed by atoms with E-state index in [-0.39, 0.29) is 5.54 Å². The highest BCUT2D eigenvalue weighted by Crippen LogP contribution is 2.35. The summed E-state index contributed by atoms with van der Waals surface area (Å²) in [7, 11) is 8.60. The highest BCUT2D eigenvalue weighted by molar-refractivity contribution is 5.11. The number of nitrogens with one attached hydrogen (secondary N) is 1. The van der Waals surface area contributed by atoms with Crippen molar-refractivity contribution >= 4 is 0 Å². The summed E-state index contributed by atoms with van der Waals surface area (Å²) in [6, 6.07) is 0.486. The van der Waals surface area contributed by atoms with Gasteiger partial charge in [-0.15, -0.1) is 0 Å². The van der Waals surface area contributed by atoms with E-state index in [2.05, 4.69) is 42.7 Å². The Balaban J connectivity index is 2.19. The number of nitrogens with zero attached hydrogens (tertiary/aromatic N) is 3. The van der Waals surface area contributed by atoms with Crippen LogP contribution in [0.1, 0.15) is 44.1 Å². The lowest BCUT2D eigenvalue weighted by molar-refractivity contribution is 0.0835. The van der Waals surface area contributed by atoms with Crippen LogP contribution in [0.2, 0.25) is 0 Å². The summed E-state index contributed by atoms with van der Waals surface area (Å²) in [5.74, 6) is 0. The van der Waals surface area contributed by atoms with Gasteiger partial charge in [-0.3, -0.25) is 4.68 Å². The fourth-order valence-electron chi connectivity index (χ4n) is 3.82. The predicted molar refractivity (Wildman–Crippen MR) is 83.9 cm³/mol. The van der Waals surface area contributed by atoms with Crippen LogP contribution in [0.5, 0.6) is 0 Å². The number of hydrogen-bond acceptors (Lipinski definition) is 3. The lowest BCUT2D eigenvalue weighted by Crippen LogP contribution is -2.59. The monoisotopic (exact) mass is 278 g/mol. The minimum atomic E-state index is 0.279. The van der Waals surface area contributed by atoms with Gasteiger partial charge < -0.3 is 10.2 Å². The van der Waals surface area contributed by atoms with E-state index in [1.807, 2.05) is 17.9 Å². The molecule has 0 aromatic carbocycles. The average Bonchev–Trinajstić information content (AvgIpc) is 2.68. The van der Waals surface area contributed by atoms with Gasteiger partial charge in [-0.2, -0.15) is 5.10 Å². The normalized spacial score (nSPS) is 20.9. The summed E-state index contributed by atoms with van der Waals surface area (Å²) in [4.78, 5) is 2.47. The van der Waals surface area contributed by atoms with Crippen molar-refractivity contribution in [3.63, 3.8) is 0 Å². The van der Waals surface area contributed by atoms with Crippen LogP contribution in [-0.4, -0.2) is 47.4 Å². The Morgan fingerprint density at radius 2 is 1.95 bits per heavy atom. The van der Waals surface area contributed by atoms with Crippen LogP contribution >= 0.6 is 0 Å². The third kappa shape index (κ3) is 3.23. The molecule has 0 aliphatic heterocycles. The van der Waals surface area contributed by atoms with Gasteiger partial charge in [0, 0.05) is 24.8 Å². The Labute approximate surface area is 123 Å². The molecule has 4 nitrogen and oxygen atoms in total. The summed E-state index contributed by atoms with van der Waals surface area (Å²) in [6.45, 7) is 0. The van der Waals surface area contributed by atoms with E-state index in [9.17, 15) is 0 Å². The average molecular weight is 278 g/mol. The maximum atomic E-state index is 4.31. The molecular weight excluding hydrogens is 248 g/mol. The van der Waals surface area contributed by atoms with E-state index < -0.39 is 0 Å². The van der Waals surface area contributed by atoms with Crippen molar-refractivity contribution in [3.8, 4) is 0 Å². The molecule has 1 unspecified atom stereocenters. The van der Waals surface area contributed by atoms with Crippen molar-refractivity contribution in [3.05, 3.63) is 18.0 Å². The zero-order chi connectivity index (χ0) is 14.6. The van der Waals surface area contributed by atoms with Gasteiger partial charge in [0.25, 0.3) is 0 Å². The van der Waals surface area contributed by atoms with Crippen LogP contribution in [-0.2, 0) is 13.5 Å². The number of hydrogen-bond donors (Lipinski definition) is 1. The van der Waals surface area contributed by atoms with Gasteiger partial charge in [0.15, 0.2) is 0 Å². The molecule has 1 aliphatic rings. The van der Waals surface area contributed by atoms with Crippen molar-refractivity contribution in [1.29, 1.82) is 0 Å². The zero-order valence-electron chi connectivity index (χ0n) is 13.5. The smallest absolute Gasteiger partial charge is 0.0522 e. The summed E-state index contributed by atoms with van der Waals surface area (Å²) < 4.78 is 1.90. The van der Waals surface area contributed by atoms with Crippen molar-refractivity contribution in [2.75, 3.05) is 21.1 Å². The maximum absolute atomic E-state index is 4.31. The Kier molecular flexibility index (Phi) is 5.22. The van der Waals surface area contributed by atoms with Crippen LogP contribution < -0.4 is 5.32 Å². The van der Waals surface area contributed by atoms with E-state index in [4.69, 9.17) is 0 Å². The van der Waals surface area contributed by atoms with E-state index in [1.54, 1.807) is 0 Å². The summed E-state index contributed by atoms with van der Waals surface area (Å²) in [5.41, 5.74) is 1.61. The lowest BCUT2D eigenvalue weighted by atomic mass is 9.79. The van der Waals surface area contributed by atoms with E-state index in [0.29, 0.717) is 6.04 Å². The number of rotatable bonds is 5. The highest BCUT2D eigenvalue weighted by atomic mass is 15.2. The first-order valence-corrected chi connectivity index (χ1v) is 7.91. The van der Waals surface area contributed by atoms with Gasteiger partial charge in [0.05, 0.1) is 6.20 Å². The Morgan fingerprint density at radius 3 is 2.40 bits per heavy atom. The fraction of sp³-hybridized carbons (Fsp3) is 0.812. The number of aryl methyl sites for hydroxylation is 1. The lowest BCUT2D eigenvalue weighted by Gasteiger charge is -2.46. The zero-order valence-corrected chi connectivity index (χ0v) is 13.5. The largest absolute Gasteiger partial charge is 0.315 e. The maximum Gasteiger partial charge on any atom is 0.0522 e. The molecule has 4 heteroatoms. The quantitative estimate of drug-likeness (QED) is 0.838. The van der Waals surface area contributed by atoms with Crippen LogP contribution in [0, 0.1) is 0 Å². The van der Waals surface area contributed by atoms with Crippen molar-refractivity contribution < 1.29 is 0 Å². The van der Waals surface area contributed by atoms with Crippen LogP contribution in [0.4, 0.5) is 0 Å². The van der Waals surface area contributed by atoms with Crippen molar-refractivity contribution in [2.24, 2.45) is 7.05 Å². The molecule has 1 heterocycles. The molecule has 1 aromatic rings. The second-order valence-corrected chi connectivity index (χ2v) is 6.48. The molecule has 1 fully saturated rings.